The molecule has 0 amide bonds. The Morgan fingerprint density at radius 1 is 1.21 bits per heavy atom. The molecular formula is C13H20F3N3. The summed E-state index contributed by atoms with van der Waals surface area (Å²) in [4.78, 5) is 5.95. The minimum atomic E-state index is -4.35. The van der Waals surface area contributed by atoms with Crippen LogP contribution in [0.15, 0.2) is 12.1 Å². The van der Waals surface area contributed by atoms with Crippen molar-refractivity contribution in [2.24, 2.45) is 0 Å². The summed E-state index contributed by atoms with van der Waals surface area (Å²) in [5.41, 5.74) is -0.668. The molecule has 0 saturated heterocycles. The van der Waals surface area contributed by atoms with Gasteiger partial charge in [-0.05, 0) is 25.0 Å². The van der Waals surface area contributed by atoms with Crippen molar-refractivity contribution in [1.82, 2.24) is 4.98 Å². The van der Waals surface area contributed by atoms with E-state index in [2.05, 4.69) is 10.3 Å². The van der Waals surface area contributed by atoms with Gasteiger partial charge in [-0.2, -0.15) is 13.2 Å². The molecule has 0 unspecified atom stereocenters. The van der Waals surface area contributed by atoms with Gasteiger partial charge < -0.3 is 10.2 Å². The van der Waals surface area contributed by atoms with Gasteiger partial charge in [0.15, 0.2) is 0 Å². The van der Waals surface area contributed by atoms with E-state index in [9.17, 15) is 13.2 Å². The Hall–Kier alpha value is -1.46. The molecule has 0 aliphatic rings. The molecule has 19 heavy (non-hydrogen) atoms. The molecule has 1 rings (SSSR count). The number of aromatic nitrogens is 1. The zero-order chi connectivity index (χ0) is 14.5. The van der Waals surface area contributed by atoms with E-state index in [0.29, 0.717) is 18.9 Å². The SMILES string of the molecule is CCCNc1cc(C(F)(F)F)cc(N(C)CCC)n1. The smallest absolute Gasteiger partial charge is 0.370 e. The molecule has 3 nitrogen and oxygen atoms in total. The van der Waals surface area contributed by atoms with Gasteiger partial charge in [0.25, 0.3) is 0 Å². The van der Waals surface area contributed by atoms with E-state index in [4.69, 9.17) is 0 Å². The Balaban J connectivity index is 3.08. The van der Waals surface area contributed by atoms with E-state index >= 15 is 0 Å². The van der Waals surface area contributed by atoms with Crippen LogP contribution in [0.3, 0.4) is 0 Å². The van der Waals surface area contributed by atoms with Crippen molar-refractivity contribution >= 4 is 11.6 Å². The molecule has 1 aromatic heterocycles. The van der Waals surface area contributed by atoms with Crippen LogP contribution in [0, 0.1) is 0 Å². The maximum absolute atomic E-state index is 12.8. The fourth-order valence-electron chi connectivity index (χ4n) is 1.67. The third kappa shape index (κ3) is 4.61. The normalized spacial score (nSPS) is 11.5. The molecule has 0 aliphatic heterocycles. The van der Waals surface area contributed by atoms with Gasteiger partial charge in [-0.3, -0.25) is 0 Å². The average Bonchev–Trinajstić information content (AvgIpc) is 2.35. The van der Waals surface area contributed by atoms with Gasteiger partial charge in [0, 0.05) is 20.1 Å². The molecule has 1 aromatic rings. The molecule has 6 heteroatoms. The highest BCUT2D eigenvalue weighted by Gasteiger charge is 2.32. The van der Waals surface area contributed by atoms with Crippen LogP contribution in [0.2, 0.25) is 0 Å². The van der Waals surface area contributed by atoms with Crippen molar-refractivity contribution in [1.29, 1.82) is 0 Å². The van der Waals surface area contributed by atoms with Crippen LogP contribution in [-0.4, -0.2) is 25.1 Å². The van der Waals surface area contributed by atoms with E-state index in [0.717, 1.165) is 25.0 Å². The van der Waals surface area contributed by atoms with Crippen molar-refractivity contribution in [3.8, 4) is 0 Å². The lowest BCUT2D eigenvalue weighted by molar-refractivity contribution is -0.137. The second-order valence-electron chi connectivity index (χ2n) is 4.45. The summed E-state index contributed by atoms with van der Waals surface area (Å²) in [5, 5.41) is 2.91. The molecule has 0 aliphatic carbocycles. The van der Waals surface area contributed by atoms with Crippen LogP contribution in [-0.2, 0) is 6.18 Å². The Bertz CT molecular complexity index is 405. The standard InChI is InChI=1S/C13H20F3N3/c1-4-6-17-11-8-10(13(14,15)16)9-12(18-11)19(3)7-5-2/h8-9H,4-7H2,1-3H3,(H,17,18). The van der Waals surface area contributed by atoms with Crippen molar-refractivity contribution in [3.05, 3.63) is 17.7 Å². The molecular weight excluding hydrogens is 255 g/mol. The molecule has 0 aromatic carbocycles. The highest BCUT2D eigenvalue weighted by molar-refractivity contribution is 5.51. The molecule has 0 spiro atoms. The van der Waals surface area contributed by atoms with Crippen LogP contribution >= 0.6 is 0 Å². The summed E-state index contributed by atoms with van der Waals surface area (Å²) < 4.78 is 38.5. The molecule has 108 valence electrons. The molecule has 0 saturated carbocycles. The third-order valence-electron chi connectivity index (χ3n) is 2.65. The molecule has 1 N–H and O–H groups in total. The first kappa shape index (κ1) is 15.6. The van der Waals surface area contributed by atoms with Crippen LogP contribution in [0.4, 0.5) is 24.8 Å². The molecule has 0 radical (unpaired) electrons. The summed E-state index contributed by atoms with van der Waals surface area (Å²) in [6.07, 6.45) is -2.67. The van der Waals surface area contributed by atoms with Crippen molar-refractivity contribution in [2.75, 3.05) is 30.4 Å². The number of nitrogens with one attached hydrogen (secondary N) is 1. The number of alkyl halides is 3. The van der Waals surface area contributed by atoms with Gasteiger partial charge in [0.2, 0.25) is 0 Å². The van der Waals surface area contributed by atoms with Crippen LogP contribution < -0.4 is 10.2 Å². The summed E-state index contributed by atoms with van der Waals surface area (Å²) >= 11 is 0. The lowest BCUT2D eigenvalue weighted by atomic mass is 10.2. The second-order valence-corrected chi connectivity index (χ2v) is 4.45. The zero-order valence-corrected chi connectivity index (χ0v) is 11.5. The topological polar surface area (TPSA) is 28.2 Å². The largest absolute Gasteiger partial charge is 0.416 e. The number of anilines is 2. The van der Waals surface area contributed by atoms with Crippen molar-refractivity contribution in [3.63, 3.8) is 0 Å². The van der Waals surface area contributed by atoms with E-state index in [1.807, 2.05) is 13.8 Å². The summed E-state index contributed by atoms with van der Waals surface area (Å²) in [6.45, 7) is 5.19. The average molecular weight is 275 g/mol. The first-order valence-corrected chi connectivity index (χ1v) is 6.42. The van der Waals surface area contributed by atoms with E-state index < -0.39 is 11.7 Å². The van der Waals surface area contributed by atoms with E-state index in [1.54, 1.807) is 11.9 Å². The summed E-state index contributed by atoms with van der Waals surface area (Å²) in [7, 11) is 1.75. The minimum Gasteiger partial charge on any atom is -0.370 e. The summed E-state index contributed by atoms with van der Waals surface area (Å²) in [5.74, 6) is 0.616. The quantitative estimate of drug-likeness (QED) is 0.856. The number of halogens is 3. The number of pyridine rings is 1. The van der Waals surface area contributed by atoms with Crippen LogP contribution in [0.5, 0.6) is 0 Å². The van der Waals surface area contributed by atoms with Gasteiger partial charge in [0.05, 0.1) is 5.56 Å². The molecule has 0 atom stereocenters. The maximum Gasteiger partial charge on any atom is 0.416 e. The van der Waals surface area contributed by atoms with Gasteiger partial charge >= 0.3 is 6.18 Å². The van der Waals surface area contributed by atoms with Gasteiger partial charge in [0.1, 0.15) is 11.6 Å². The number of hydrogen-bond acceptors (Lipinski definition) is 3. The Labute approximate surface area is 111 Å². The molecule has 0 bridgehead atoms. The number of rotatable bonds is 6. The lowest BCUT2D eigenvalue weighted by Crippen LogP contribution is -2.21. The van der Waals surface area contributed by atoms with Gasteiger partial charge in [-0.15, -0.1) is 0 Å². The Morgan fingerprint density at radius 2 is 1.89 bits per heavy atom. The predicted octanol–water partition coefficient (Wildman–Crippen LogP) is 3.77. The second kappa shape index (κ2) is 6.63. The first-order valence-electron chi connectivity index (χ1n) is 6.42. The zero-order valence-electron chi connectivity index (χ0n) is 11.5. The molecule has 1 heterocycles. The highest BCUT2D eigenvalue weighted by Crippen LogP contribution is 2.32. The summed E-state index contributed by atoms with van der Waals surface area (Å²) in [6, 6.07) is 2.14. The third-order valence-corrected chi connectivity index (χ3v) is 2.65. The minimum absolute atomic E-state index is 0.273. The van der Waals surface area contributed by atoms with Crippen LogP contribution in [0.1, 0.15) is 32.3 Å². The Kier molecular flexibility index (Phi) is 5.44. The van der Waals surface area contributed by atoms with Crippen molar-refractivity contribution in [2.45, 2.75) is 32.9 Å². The number of hydrogen-bond donors (Lipinski definition) is 1. The number of nitrogens with zero attached hydrogens (tertiary/aromatic N) is 2. The maximum atomic E-state index is 12.8. The van der Waals surface area contributed by atoms with E-state index in [1.165, 1.54) is 0 Å². The van der Waals surface area contributed by atoms with Gasteiger partial charge in [-0.25, -0.2) is 4.98 Å². The van der Waals surface area contributed by atoms with Crippen molar-refractivity contribution < 1.29 is 13.2 Å². The van der Waals surface area contributed by atoms with Crippen LogP contribution in [0.25, 0.3) is 0 Å². The van der Waals surface area contributed by atoms with Gasteiger partial charge in [-0.1, -0.05) is 13.8 Å². The monoisotopic (exact) mass is 275 g/mol. The lowest BCUT2D eigenvalue weighted by Gasteiger charge is -2.20. The van der Waals surface area contributed by atoms with E-state index in [-0.39, 0.29) is 5.82 Å². The Morgan fingerprint density at radius 3 is 2.42 bits per heavy atom. The predicted molar refractivity (Wildman–Crippen MR) is 71.6 cm³/mol. The molecule has 0 fully saturated rings. The highest BCUT2D eigenvalue weighted by atomic mass is 19.4. The fraction of sp³-hybridized carbons (Fsp3) is 0.615. The first-order chi connectivity index (χ1) is 8.88. The fourth-order valence-corrected chi connectivity index (χ4v) is 1.67.